The van der Waals surface area contributed by atoms with Crippen molar-refractivity contribution in [2.24, 2.45) is 7.05 Å². The number of aryl methyl sites for hydroxylation is 1. The van der Waals surface area contributed by atoms with E-state index in [0.717, 1.165) is 0 Å². The number of carbonyl (C=O) groups is 1. The maximum absolute atomic E-state index is 12.2. The number of benzene rings is 1. The summed E-state index contributed by atoms with van der Waals surface area (Å²) >= 11 is 0. The predicted octanol–water partition coefficient (Wildman–Crippen LogP) is 0.876. The van der Waals surface area contributed by atoms with Gasteiger partial charge in [0.15, 0.2) is 5.82 Å². The molecule has 1 N–H and O–H groups in total. The molecule has 0 aliphatic carbocycles. The molecule has 0 aliphatic rings. The van der Waals surface area contributed by atoms with E-state index in [0.29, 0.717) is 23.3 Å². The molecule has 0 amide bonds. The normalized spacial score (nSPS) is 10.9. The smallest absolute Gasteiger partial charge is 0.341 e. The van der Waals surface area contributed by atoms with Gasteiger partial charge in [0.2, 0.25) is 5.43 Å². The van der Waals surface area contributed by atoms with E-state index >= 15 is 0 Å². The van der Waals surface area contributed by atoms with Crippen LogP contribution >= 0.6 is 0 Å². The Morgan fingerprint density at radius 1 is 1.33 bits per heavy atom. The Balaban J connectivity index is 2.26. The SMILES string of the molecule is Cn1cnnc1Cn1cc(C(=O)O)c(=O)c2ccccc21. The van der Waals surface area contributed by atoms with E-state index in [-0.39, 0.29) is 5.56 Å². The minimum absolute atomic E-state index is 0.254. The number of aromatic nitrogens is 4. The number of rotatable bonds is 3. The summed E-state index contributed by atoms with van der Waals surface area (Å²) in [4.78, 5) is 23.4. The van der Waals surface area contributed by atoms with Crippen LogP contribution < -0.4 is 5.43 Å². The Hall–Kier alpha value is -2.96. The lowest BCUT2D eigenvalue weighted by atomic mass is 10.1. The van der Waals surface area contributed by atoms with Gasteiger partial charge in [-0.15, -0.1) is 10.2 Å². The van der Waals surface area contributed by atoms with Crippen molar-refractivity contribution in [3.05, 3.63) is 58.4 Å². The molecule has 21 heavy (non-hydrogen) atoms. The molecular weight excluding hydrogens is 272 g/mol. The van der Waals surface area contributed by atoms with Gasteiger partial charge in [0.1, 0.15) is 11.9 Å². The summed E-state index contributed by atoms with van der Waals surface area (Å²) in [6.07, 6.45) is 2.92. The van der Waals surface area contributed by atoms with Crippen LogP contribution in [0.1, 0.15) is 16.2 Å². The van der Waals surface area contributed by atoms with Gasteiger partial charge in [0.05, 0.1) is 12.1 Å². The zero-order valence-corrected chi connectivity index (χ0v) is 11.2. The van der Waals surface area contributed by atoms with E-state index in [2.05, 4.69) is 10.2 Å². The van der Waals surface area contributed by atoms with Crippen LogP contribution in [0.4, 0.5) is 0 Å². The third kappa shape index (κ3) is 2.18. The molecule has 1 aromatic carbocycles. The third-order valence-electron chi connectivity index (χ3n) is 3.33. The fourth-order valence-electron chi connectivity index (χ4n) is 2.23. The van der Waals surface area contributed by atoms with Crippen molar-refractivity contribution in [3.8, 4) is 0 Å². The molecule has 0 radical (unpaired) electrons. The Labute approximate surface area is 119 Å². The highest BCUT2D eigenvalue weighted by Gasteiger charge is 2.15. The monoisotopic (exact) mass is 284 g/mol. The largest absolute Gasteiger partial charge is 0.477 e. The fourth-order valence-corrected chi connectivity index (χ4v) is 2.23. The number of para-hydroxylation sites is 1. The van der Waals surface area contributed by atoms with E-state index in [9.17, 15) is 14.7 Å². The summed E-state index contributed by atoms with van der Waals surface area (Å²) < 4.78 is 3.44. The summed E-state index contributed by atoms with van der Waals surface area (Å²) in [5.41, 5.74) is -0.0707. The lowest BCUT2D eigenvalue weighted by molar-refractivity contribution is 0.0695. The summed E-state index contributed by atoms with van der Waals surface area (Å²) in [6.45, 7) is 0.331. The number of hydrogen-bond donors (Lipinski definition) is 1. The van der Waals surface area contributed by atoms with Crippen molar-refractivity contribution in [1.82, 2.24) is 19.3 Å². The zero-order valence-electron chi connectivity index (χ0n) is 11.2. The van der Waals surface area contributed by atoms with Gasteiger partial charge in [-0.05, 0) is 12.1 Å². The first kappa shape index (κ1) is 13.0. The first-order valence-corrected chi connectivity index (χ1v) is 6.26. The molecular formula is C14H12N4O3. The summed E-state index contributed by atoms with van der Waals surface area (Å²) in [5, 5.41) is 17.3. The molecule has 2 heterocycles. The Morgan fingerprint density at radius 3 is 2.76 bits per heavy atom. The van der Waals surface area contributed by atoms with Crippen LogP contribution in [0.15, 0.2) is 41.6 Å². The van der Waals surface area contributed by atoms with Crippen molar-refractivity contribution in [2.45, 2.75) is 6.54 Å². The molecule has 7 heteroatoms. The second-order valence-corrected chi connectivity index (χ2v) is 4.68. The van der Waals surface area contributed by atoms with Gasteiger partial charge < -0.3 is 14.2 Å². The van der Waals surface area contributed by atoms with Gasteiger partial charge in [0, 0.05) is 18.6 Å². The molecule has 0 fully saturated rings. The fraction of sp³-hybridized carbons (Fsp3) is 0.143. The summed E-state index contributed by atoms with van der Waals surface area (Å²) in [7, 11) is 1.80. The molecule has 106 valence electrons. The number of carboxylic acids is 1. The lowest BCUT2D eigenvalue weighted by Gasteiger charge is -2.11. The van der Waals surface area contributed by atoms with E-state index in [4.69, 9.17) is 0 Å². The van der Waals surface area contributed by atoms with Crippen molar-refractivity contribution in [3.63, 3.8) is 0 Å². The molecule has 2 aromatic heterocycles. The Morgan fingerprint density at radius 2 is 2.10 bits per heavy atom. The number of pyridine rings is 1. The Kier molecular flexibility index (Phi) is 3.02. The number of carboxylic acid groups (broad SMARTS) is 1. The van der Waals surface area contributed by atoms with Crippen molar-refractivity contribution in [2.75, 3.05) is 0 Å². The summed E-state index contributed by atoms with van der Waals surface area (Å²) in [6, 6.07) is 6.91. The van der Waals surface area contributed by atoms with Gasteiger partial charge in [-0.25, -0.2) is 4.79 Å². The number of fused-ring (bicyclic) bond motifs is 1. The molecule has 0 saturated heterocycles. The second kappa shape index (κ2) is 4.86. The topological polar surface area (TPSA) is 90.0 Å². The van der Waals surface area contributed by atoms with Crippen LogP contribution in [0, 0.1) is 0 Å². The van der Waals surface area contributed by atoms with Crippen LogP contribution in [-0.2, 0) is 13.6 Å². The molecule has 3 aromatic rings. The Bertz CT molecular complexity index is 895. The van der Waals surface area contributed by atoms with Gasteiger partial charge >= 0.3 is 5.97 Å². The molecule has 0 aliphatic heterocycles. The maximum Gasteiger partial charge on any atom is 0.341 e. The quantitative estimate of drug-likeness (QED) is 0.771. The number of aromatic carboxylic acids is 1. The first-order chi connectivity index (χ1) is 10.1. The highest BCUT2D eigenvalue weighted by atomic mass is 16.4. The molecule has 0 atom stereocenters. The van der Waals surface area contributed by atoms with E-state index in [1.54, 1.807) is 46.8 Å². The van der Waals surface area contributed by atoms with Crippen LogP contribution in [0.25, 0.3) is 10.9 Å². The number of hydrogen-bond acceptors (Lipinski definition) is 4. The van der Waals surface area contributed by atoms with Gasteiger partial charge in [-0.2, -0.15) is 0 Å². The predicted molar refractivity (Wildman–Crippen MR) is 75.3 cm³/mol. The van der Waals surface area contributed by atoms with Gasteiger partial charge in [-0.3, -0.25) is 4.79 Å². The number of nitrogens with zero attached hydrogens (tertiary/aromatic N) is 4. The minimum atomic E-state index is -1.24. The second-order valence-electron chi connectivity index (χ2n) is 4.68. The molecule has 7 nitrogen and oxygen atoms in total. The van der Waals surface area contributed by atoms with Crippen molar-refractivity contribution < 1.29 is 9.90 Å². The van der Waals surface area contributed by atoms with Crippen LogP contribution in [-0.4, -0.2) is 30.4 Å². The summed E-state index contributed by atoms with van der Waals surface area (Å²) in [5.74, 6) is -0.572. The average molecular weight is 284 g/mol. The average Bonchev–Trinajstić information content (AvgIpc) is 2.87. The van der Waals surface area contributed by atoms with Crippen molar-refractivity contribution >= 4 is 16.9 Å². The first-order valence-electron chi connectivity index (χ1n) is 6.26. The lowest BCUT2D eigenvalue weighted by Crippen LogP contribution is -2.19. The van der Waals surface area contributed by atoms with E-state index < -0.39 is 11.4 Å². The van der Waals surface area contributed by atoms with Crippen LogP contribution in [0.2, 0.25) is 0 Å². The standard InChI is InChI=1S/C14H12N4O3/c1-17-8-15-16-12(17)7-18-6-10(14(20)21)13(19)9-4-2-3-5-11(9)18/h2-6,8H,7H2,1H3,(H,20,21). The van der Waals surface area contributed by atoms with Crippen LogP contribution in [0.5, 0.6) is 0 Å². The third-order valence-corrected chi connectivity index (χ3v) is 3.33. The zero-order chi connectivity index (χ0) is 15.0. The maximum atomic E-state index is 12.2. The minimum Gasteiger partial charge on any atom is -0.477 e. The highest BCUT2D eigenvalue weighted by Crippen LogP contribution is 2.13. The van der Waals surface area contributed by atoms with E-state index in [1.165, 1.54) is 6.20 Å². The molecule has 0 unspecified atom stereocenters. The molecule has 0 bridgehead atoms. The van der Waals surface area contributed by atoms with Crippen LogP contribution in [0.3, 0.4) is 0 Å². The van der Waals surface area contributed by atoms with E-state index in [1.807, 2.05) is 0 Å². The molecule has 3 rings (SSSR count). The highest BCUT2D eigenvalue weighted by molar-refractivity contribution is 5.92. The van der Waals surface area contributed by atoms with Crippen molar-refractivity contribution in [1.29, 1.82) is 0 Å². The molecule has 0 saturated carbocycles. The molecule has 0 spiro atoms. The van der Waals surface area contributed by atoms with Gasteiger partial charge in [-0.1, -0.05) is 12.1 Å². The van der Waals surface area contributed by atoms with Gasteiger partial charge in [0.25, 0.3) is 0 Å².